The van der Waals surface area contributed by atoms with Gasteiger partial charge >= 0.3 is 0 Å². The molecule has 0 spiro atoms. The first kappa shape index (κ1) is 15.7. The fraction of sp³-hybridized carbons (Fsp3) is 0.533. The van der Waals surface area contributed by atoms with Gasteiger partial charge in [0.25, 0.3) is 5.91 Å². The Morgan fingerprint density at radius 3 is 2.53 bits per heavy atom. The monoisotopic (exact) mass is 264 g/mol. The average Bonchev–Trinajstić information content (AvgIpc) is 2.40. The molecule has 1 amide bonds. The van der Waals surface area contributed by atoms with Crippen molar-refractivity contribution >= 4 is 11.6 Å². The number of ether oxygens (including phenoxy) is 1. The number of rotatable bonds is 6. The summed E-state index contributed by atoms with van der Waals surface area (Å²) in [5.74, 6) is -0.0437. The van der Waals surface area contributed by atoms with Gasteiger partial charge in [-0.05, 0) is 45.4 Å². The molecule has 106 valence electrons. The molecule has 0 radical (unpaired) electrons. The number of aryl methyl sites for hydroxylation is 1. The largest absolute Gasteiger partial charge is 0.369 e. The van der Waals surface area contributed by atoms with Crippen molar-refractivity contribution in [2.24, 2.45) is 5.73 Å². The molecule has 2 N–H and O–H groups in total. The molecule has 0 unspecified atom stereocenters. The van der Waals surface area contributed by atoms with Crippen molar-refractivity contribution in [1.29, 1.82) is 0 Å². The topological polar surface area (TPSA) is 55.6 Å². The smallest absolute Gasteiger partial charge is 0.258 e. The molecule has 0 saturated heterocycles. The number of carbonyl (C=O) groups is 1. The van der Waals surface area contributed by atoms with E-state index in [2.05, 4.69) is 0 Å². The second-order valence-corrected chi connectivity index (χ2v) is 5.10. The molecule has 0 aliphatic heterocycles. The van der Waals surface area contributed by atoms with Crippen LogP contribution >= 0.6 is 0 Å². The molecule has 0 aromatic heterocycles. The summed E-state index contributed by atoms with van der Waals surface area (Å²) in [6.07, 6.45) is 0.764. The van der Waals surface area contributed by atoms with Gasteiger partial charge in [-0.2, -0.15) is 0 Å². The van der Waals surface area contributed by atoms with Gasteiger partial charge in [0.05, 0.1) is 0 Å². The number of amides is 1. The molecule has 4 heteroatoms. The van der Waals surface area contributed by atoms with Gasteiger partial charge in [-0.1, -0.05) is 18.2 Å². The summed E-state index contributed by atoms with van der Waals surface area (Å²) in [4.78, 5) is 14.4. The van der Waals surface area contributed by atoms with E-state index in [1.807, 2.05) is 31.2 Å². The summed E-state index contributed by atoms with van der Waals surface area (Å²) in [7, 11) is 1.55. The van der Waals surface area contributed by atoms with E-state index in [-0.39, 0.29) is 5.91 Å². The van der Waals surface area contributed by atoms with Crippen LogP contribution in [-0.2, 0) is 9.53 Å². The van der Waals surface area contributed by atoms with E-state index < -0.39 is 5.60 Å². The van der Waals surface area contributed by atoms with E-state index in [4.69, 9.17) is 10.5 Å². The van der Waals surface area contributed by atoms with Crippen molar-refractivity contribution in [3.05, 3.63) is 29.8 Å². The number of benzene rings is 1. The summed E-state index contributed by atoms with van der Waals surface area (Å²) < 4.78 is 5.30. The van der Waals surface area contributed by atoms with Crippen LogP contribution in [0.4, 0.5) is 5.69 Å². The standard InChI is InChI=1S/C15H24N2O2/c1-12-8-5-6-9-13(12)17(11-7-10-16)14(18)15(2,3)19-4/h5-6,8-9H,7,10-11,16H2,1-4H3. The maximum atomic E-state index is 12.6. The Morgan fingerprint density at radius 2 is 2.00 bits per heavy atom. The summed E-state index contributed by atoms with van der Waals surface area (Å²) in [5.41, 5.74) is 6.72. The first-order valence-corrected chi connectivity index (χ1v) is 6.57. The Labute approximate surface area is 115 Å². The van der Waals surface area contributed by atoms with Crippen LogP contribution < -0.4 is 10.6 Å². The summed E-state index contributed by atoms with van der Waals surface area (Å²) in [5, 5.41) is 0. The third kappa shape index (κ3) is 3.78. The molecule has 0 aliphatic rings. The van der Waals surface area contributed by atoms with E-state index in [0.29, 0.717) is 13.1 Å². The summed E-state index contributed by atoms with van der Waals surface area (Å²) >= 11 is 0. The number of carbonyl (C=O) groups excluding carboxylic acids is 1. The second-order valence-electron chi connectivity index (χ2n) is 5.10. The van der Waals surface area contributed by atoms with Crippen LogP contribution in [0.1, 0.15) is 25.8 Å². The zero-order valence-electron chi connectivity index (χ0n) is 12.3. The van der Waals surface area contributed by atoms with Crippen LogP contribution in [0.15, 0.2) is 24.3 Å². The maximum Gasteiger partial charge on any atom is 0.258 e. The Balaban J connectivity index is 3.08. The van der Waals surface area contributed by atoms with Crippen molar-refractivity contribution in [3.63, 3.8) is 0 Å². The van der Waals surface area contributed by atoms with Crippen molar-refractivity contribution in [1.82, 2.24) is 0 Å². The number of methoxy groups -OCH3 is 1. The Kier molecular flexibility index (Phi) is 5.51. The Morgan fingerprint density at radius 1 is 1.37 bits per heavy atom. The fourth-order valence-corrected chi connectivity index (χ4v) is 1.86. The first-order valence-electron chi connectivity index (χ1n) is 6.57. The lowest BCUT2D eigenvalue weighted by molar-refractivity contribution is -0.136. The van der Waals surface area contributed by atoms with Gasteiger partial charge in [0.1, 0.15) is 5.60 Å². The molecule has 1 aromatic carbocycles. The van der Waals surface area contributed by atoms with Crippen LogP contribution in [0.2, 0.25) is 0 Å². The Bertz CT molecular complexity index is 430. The van der Waals surface area contributed by atoms with Crippen LogP contribution in [-0.4, -0.2) is 31.7 Å². The molecule has 0 fully saturated rings. The van der Waals surface area contributed by atoms with Crippen molar-refractivity contribution in [2.75, 3.05) is 25.1 Å². The van der Waals surface area contributed by atoms with Crippen molar-refractivity contribution in [2.45, 2.75) is 32.8 Å². The zero-order valence-corrected chi connectivity index (χ0v) is 12.3. The number of nitrogens with two attached hydrogens (primary N) is 1. The molecule has 4 nitrogen and oxygen atoms in total. The average molecular weight is 264 g/mol. The number of nitrogens with zero attached hydrogens (tertiary/aromatic N) is 1. The van der Waals surface area contributed by atoms with Gasteiger partial charge in [-0.3, -0.25) is 4.79 Å². The van der Waals surface area contributed by atoms with Crippen LogP contribution in [0.3, 0.4) is 0 Å². The molecule has 0 heterocycles. The van der Waals surface area contributed by atoms with E-state index >= 15 is 0 Å². The van der Waals surface area contributed by atoms with Crippen LogP contribution in [0.5, 0.6) is 0 Å². The van der Waals surface area contributed by atoms with Gasteiger partial charge in [-0.25, -0.2) is 0 Å². The lowest BCUT2D eigenvalue weighted by Gasteiger charge is -2.32. The summed E-state index contributed by atoms with van der Waals surface area (Å²) in [6, 6.07) is 7.85. The van der Waals surface area contributed by atoms with E-state index in [0.717, 1.165) is 17.7 Å². The van der Waals surface area contributed by atoms with Crippen molar-refractivity contribution in [3.8, 4) is 0 Å². The third-order valence-electron chi connectivity index (χ3n) is 3.26. The van der Waals surface area contributed by atoms with Gasteiger partial charge in [0.15, 0.2) is 0 Å². The van der Waals surface area contributed by atoms with E-state index in [1.54, 1.807) is 25.9 Å². The highest BCUT2D eigenvalue weighted by Crippen LogP contribution is 2.24. The predicted octanol–water partition coefficient (Wildman–Crippen LogP) is 2.10. The van der Waals surface area contributed by atoms with Crippen LogP contribution in [0, 0.1) is 6.92 Å². The van der Waals surface area contributed by atoms with Gasteiger partial charge < -0.3 is 15.4 Å². The van der Waals surface area contributed by atoms with Gasteiger partial charge in [0.2, 0.25) is 0 Å². The Hall–Kier alpha value is -1.39. The molecular weight excluding hydrogens is 240 g/mol. The quantitative estimate of drug-likeness (QED) is 0.856. The lowest BCUT2D eigenvalue weighted by atomic mass is 10.1. The molecule has 0 aliphatic carbocycles. The highest BCUT2D eigenvalue weighted by Gasteiger charge is 2.32. The van der Waals surface area contributed by atoms with Gasteiger partial charge in [-0.15, -0.1) is 0 Å². The van der Waals surface area contributed by atoms with Gasteiger partial charge in [0, 0.05) is 19.3 Å². The molecule has 1 rings (SSSR count). The minimum atomic E-state index is -0.836. The number of hydrogen-bond acceptors (Lipinski definition) is 3. The SMILES string of the molecule is COC(C)(C)C(=O)N(CCCN)c1ccccc1C. The first-order chi connectivity index (χ1) is 8.94. The molecule has 0 saturated carbocycles. The molecule has 0 atom stereocenters. The van der Waals surface area contributed by atoms with Crippen molar-refractivity contribution < 1.29 is 9.53 Å². The lowest BCUT2D eigenvalue weighted by Crippen LogP contribution is -2.47. The predicted molar refractivity (Wildman–Crippen MR) is 78.3 cm³/mol. The number of hydrogen-bond donors (Lipinski definition) is 1. The molecular formula is C15H24N2O2. The highest BCUT2D eigenvalue weighted by molar-refractivity contribution is 5.99. The van der Waals surface area contributed by atoms with Crippen LogP contribution in [0.25, 0.3) is 0 Å². The zero-order chi connectivity index (χ0) is 14.5. The van der Waals surface area contributed by atoms with E-state index in [9.17, 15) is 4.79 Å². The molecule has 1 aromatic rings. The highest BCUT2D eigenvalue weighted by atomic mass is 16.5. The number of anilines is 1. The maximum absolute atomic E-state index is 12.6. The third-order valence-corrected chi connectivity index (χ3v) is 3.26. The van der Waals surface area contributed by atoms with E-state index in [1.165, 1.54) is 0 Å². The number of para-hydroxylation sites is 1. The second kappa shape index (κ2) is 6.68. The minimum Gasteiger partial charge on any atom is -0.369 e. The normalized spacial score (nSPS) is 11.4. The molecule has 0 bridgehead atoms. The molecule has 19 heavy (non-hydrogen) atoms. The summed E-state index contributed by atoms with van der Waals surface area (Å²) in [6.45, 7) is 6.72. The minimum absolute atomic E-state index is 0.0437. The fourth-order valence-electron chi connectivity index (χ4n) is 1.86.